The summed E-state index contributed by atoms with van der Waals surface area (Å²) in [5, 5.41) is 0. The van der Waals surface area contributed by atoms with Crippen LogP contribution in [0.15, 0.2) is 18.2 Å². The Hall–Kier alpha value is -3.00. The van der Waals surface area contributed by atoms with E-state index >= 15 is 0 Å². The van der Waals surface area contributed by atoms with Crippen molar-refractivity contribution in [2.75, 3.05) is 5.73 Å². The lowest BCUT2D eigenvalue weighted by atomic mass is 10.0. The van der Waals surface area contributed by atoms with Crippen LogP contribution in [0.3, 0.4) is 0 Å². The summed E-state index contributed by atoms with van der Waals surface area (Å²) >= 11 is 0. The van der Waals surface area contributed by atoms with E-state index in [0.717, 1.165) is 24.0 Å². The molecule has 0 unspecified atom stereocenters. The normalized spacial score (nSPS) is 16.4. The number of ether oxygens (including phenoxy) is 1. The molecule has 1 fully saturated rings. The summed E-state index contributed by atoms with van der Waals surface area (Å²) < 4.78 is 35.2. The average Bonchev–Trinajstić information content (AvgIpc) is 3.33. The molecule has 2 aromatic heterocycles. The Bertz CT molecular complexity index is 1200. The van der Waals surface area contributed by atoms with Gasteiger partial charge in [0.1, 0.15) is 23.1 Å². The number of aromatic amines is 1. The maximum Gasteiger partial charge on any atom is 0.270 e. The van der Waals surface area contributed by atoms with Crippen molar-refractivity contribution in [3.8, 4) is 0 Å². The van der Waals surface area contributed by atoms with Gasteiger partial charge in [0, 0.05) is 22.7 Å². The van der Waals surface area contributed by atoms with E-state index in [1.165, 1.54) is 17.0 Å². The van der Waals surface area contributed by atoms with E-state index in [9.17, 15) is 13.6 Å². The molecule has 3 N–H and O–H groups in total. The standard InChI is InChI=1S/C24H26F2N4O2/c1-3-12(2)30(9-15-18(25)6-14(7-19(15)26)13-4-5-13)24(31)21-8-20-22(28-21)16-10-32-11-17(16)23(27)29-20/h6-8,12-13,28H,3-5,9-11H2,1-2H3,(H2,27,29)/t12-/m1/s1. The van der Waals surface area contributed by atoms with Crippen molar-refractivity contribution in [3.05, 3.63) is 57.8 Å². The van der Waals surface area contributed by atoms with E-state index in [-0.39, 0.29) is 30.0 Å². The molecule has 3 aromatic rings. The van der Waals surface area contributed by atoms with Crippen LogP contribution in [-0.2, 0) is 24.5 Å². The van der Waals surface area contributed by atoms with Crippen molar-refractivity contribution < 1.29 is 18.3 Å². The number of amides is 1. The molecule has 32 heavy (non-hydrogen) atoms. The Balaban J connectivity index is 1.49. The third kappa shape index (κ3) is 3.52. The van der Waals surface area contributed by atoms with Crippen molar-refractivity contribution in [2.45, 2.75) is 64.8 Å². The van der Waals surface area contributed by atoms with Crippen LogP contribution >= 0.6 is 0 Å². The third-order valence-corrected chi connectivity index (χ3v) is 6.66. The Morgan fingerprint density at radius 3 is 2.59 bits per heavy atom. The maximum absolute atomic E-state index is 14.8. The van der Waals surface area contributed by atoms with Gasteiger partial charge in [-0.1, -0.05) is 6.92 Å². The van der Waals surface area contributed by atoms with Crippen LogP contribution in [0.5, 0.6) is 0 Å². The van der Waals surface area contributed by atoms with Gasteiger partial charge >= 0.3 is 0 Å². The first-order valence-electron chi connectivity index (χ1n) is 11.0. The summed E-state index contributed by atoms with van der Waals surface area (Å²) in [5.74, 6) is -0.907. The van der Waals surface area contributed by atoms with Crippen molar-refractivity contribution in [1.82, 2.24) is 14.9 Å². The number of aromatic nitrogens is 2. The summed E-state index contributed by atoms with van der Waals surface area (Å²) in [5.41, 5.74) is 9.97. The number of carbonyl (C=O) groups is 1. The molecule has 0 bridgehead atoms. The van der Waals surface area contributed by atoms with Gasteiger partial charge in [-0.25, -0.2) is 13.8 Å². The van der Waals surface area contributed by atoms with Gasteiger partial charge in [-0.15, -0.1) is 0 Å². The Labute approximate surface area is 184 Å². The second-order valence-corrected chi connectivity index (χ2v) is 8.82. The molecule has 1 aliphatic heterocycles. The van der Waals surface area contributed by atoms with Gasteiger partial charge < -0.3 is 20.4 Å². The van der Waals surface area contributed by atoms with E-state index in [0.29, 0.717) is 47.7 Å². The highest BCUT2D eigenvalue weighted by molar-refractivity contribution is 5.98. The molecular weight excluding hydrogens is 414 g/mol. The number of nitrogen functional groups attached to an aromatic ring is 1. The van der Waals surface area contributed by atoms with Crippen molar-refractivity contribution >= 4 is 22.8 Å². The number of rotatable bonds is 6. The number of nitrogens with zero attached hydrogens (tertiary/aromatic N) is 2. The van der Waals surface area contributed by atoms with Crippen molar-refractivity contribution in [1.29, 1.82) is 0 Å². The largest absolute Gasteiger partial charge is 0.383 e. The molecule has 0 radical (unpaired) electrons. The summed E-state index contributed by atoms with van der Waals surface area (Å²) in [4.78, 5) is 22.5. The molecule has 1 aliphatic carbocycles. The summed E-state index contributed by atoms with van der Waals surface area (Å²) in [7, 11) is 0. The molecule has 168 valence electrons. The third-order valence-electron chi connectivity index (χ3n) is 6.66. The molecule has 0 spiro atoms. The molecule has 2 aliphatic rings. The number of pyridine rings is 1. The van der Waals surface area contributed by atoms with E-state index in [1.54, 1.807) is 6.07 Å². The number of carbonyl (C=O) groups excluding carboxylic acids is 1. The fourth-order valence-corrected chi connectivity index (χ4v) is 4.35. The number of fused-ring (bicyclic) bond motifs is 3. The van der Waals surface area contributed by atoms with Gasteiger partial charge in [0.25, 0.3) is 5.91 Å². The van der Waals surface area contributed by atoms with E-state index in [1.807, 2.05) is 13.8 Å². The van der Waals surface area contributed by atoms with Crippen LogP contribution in [0.1, 0.15) is 71.8 Å². The number of hydrogen-bond donors (Lipinski definition) is 2. The van der Waals surface area contributed by atoms with Gasteiger partial charge in [0.15, 0.2) is 0 Å². The number of anilines is 1. The number of nitrogens with one attached hydrogen (secondary N) is 1. The lowest BCUT2D eigenvalue weighted by molar-refractivity contribution is 0.0662. The summed E-state index contributed by atoms with van der Waals surface area (Å²) in [6.07, 6.45) is 2.57. The minimum atomic E-state index is -0.603. The zero-order chi connectivity index (χ0) is 22.6. The van der Waals surface area contributed by atoms with E-state index < -0.39 is 11.6 Å². The molecular formula is C24H26F2N4O2. The predicted molar refractivity (Wildman–Crippen MR) is 117 cm³/mol. The highest BCUT2D eigenvalue weighted by Gasteiger charge is 2.29. The minimum absolute atomic E-state index is 0.0872. The van der Waals surface area contributed by atoms with Crippen LogP contribution in [0.4, 0.5) is 14.6 Å². The first-order chi connectivity index (χ1) is 15.4. The van der Waals surface area contributed by atoms with Gasteiger partial charge in [-0.2, -0.15) is 0 Å². The first-order valence-corrected chi connectivity index (χ1v) is 11.0. The molecule has 1 amide bonds. The van der Waals surface area contributed by atoms with E-state index in [2.05, 4.69) is 9.97 Å². The number of nitrogens with two attached hydrogens (primary N) is 1. The monoisotopic (exact) mass is 440 g/mol. The average molecular weight is 440 g/mol. The summed E-state index contributed by atoms with van der Waals surface area (Å²) in [6.45, 7) is 4.44. The molecule has 1 atom stereocenters. The highest BCUT2D eigenvalue weighted by atomic mass is 19.1. The molecule has 1 aromatic carbocycles. The van der Waals surface area contributed by atoms with E-state index in [4.69, 9.17) is 10.5 Å². The van der Waals surface area contributed by atoms with Gasteiger partial charge in [0.2, 0.25) is 0 Å². The van der Waals surface area contributed by atoms with Gasteiger partial charge in [-0.05, 0) is 55.9 Å². The molecule has 3 heterocycles. The molecule has 6 nitrogen and oxygen atoms in total. The highest BCUT2D eigenvalue weighted by Crippen LogP contribution is 2.41. The molecule has 8 heteroatoms. The first kappa shape index (κ1) is 20.9. The fourth-order valence-electron chi connectivity index (χ4n) is 4.35. The molecule has 5 rings (SSSR count). The van der Waals surface area contributed by atoms with Crippen LogP contribution in [0.25, 0.3) is 11.0 Å². The minimum Gasteiger partial charge on any atom is -0.383 e. The van der Waals surface area contributed by atoms with Crippen LogP contribution in [-0.4, -0.2) is 26.8 Å². The van der Waals surface area contributed by atoms with Crippen molar-refractivity contribution in [2.24, 2.45) is 0 Å². The fraction of sp³-hybridized carbons (Fsp3) is 0.417. The zero-order valence-electron chi connectivity index (χ0n) is 18.2. The smallest absolute Gasteiger partial charge is 0.270 e. The van der Waals surface area contributed by atoms with Gasteiger partial charge in [-0.3, -0.25) is 4.79 Å². The molecule has 1 saturated carbocycles. The SMILES string of the molecule is CC[C@@H](C)N(Cc1c(F)cc(C2CC2)cc1F)C(=O)c1cc2nc(N)c3c(c2[nH]1)COC3. The number of benzene rings is 1. The van der Waals surface area contributed by atoms with Gasteiger partial charge in [0.05, 0.1) is 30.8 Å². The van der Waals surface area contributed by atoms with Crippen molar-refractivity contribution in [3.63, 3.8) is 0 Å². The second kappa shape index (κ2) is 7.85. The number of H-pyrrole nitrogens is 1. The van der Waals surface area contributed by atoms with Crippen LogP contribution in [0, 0.1) is 11.6 Å². The topological polar surface area (TPSA) is 84.2 Å². The van der Waals surface area contributed by atoms with Crippen LogP contribution in [0.2, 0.25) is 0 Å². The Morgan fingerprint density at radius 1 is 1.25 bits per heavy atom. The second-order valence-electron chi connectivity index (χ2n) is 8.82. The lowest BCUT2D eigenvalue weighted by Gasteiger charge is -2.28. The zero-order valence-corrected chi connectivity index (χ0v) is 18.2. The van der Waals surface area contributed by atoms with Crippen LogP contribution < -0.4 is 5.73 Å². The quantitative estimate of drug-likeness (QED) is 0.578. The maximum atomic E-state index is 14.8. The summed E-state index contributed by atoms with van der Waals surface area (Å²) in [6, 6.07) is 4.25. The number of halogens is 2. The lowest BCUT2D eigenvalue weighted by Crippen LogP contribution is -2.38. The predicted octanol–water partition coefficient (Wildman–Crippen LogP) is 4.77. The number of hydrogen-bond acceptors (Lipinski definition) is 4. The Kier molecular flexibility index (Phi) is 5.12. The molecule has 0 saturated heterocycles. The Morgan fingerprint density at radius 2 is 1.94 bits per heavy atom.